The van der Waals surface area contributed by atoms with Crippen LogP contribution >= 0.6 is 0 Å². The number of rotatable bonds is 7. The maximum atomic E-state index is 11.0. The lowest BCUT2D eigenvalue weighted by atomic mass is 10.1. The zero-order chi connectivity index (χ0) is 13.5. The molecule has 0 saturated heterocycles. The van der Waals surface area contributed by atoms with Crippen molar-refractivity contribution in [2.75, 3.05) is 5.32 Å². The SMILES string of the molecule is CCCCC(C)Nc1ccc(CC)c([N+](=O)[O-])c1. The minimum Gasteiger partial charge on any atom is -0.382 e. The third-order valence-electron chi connectivity index (χ3n) is 3.07. The Morgan fingerprint density at radius 1 is 1.39 bits per heavy atom. The zero-order valence-corrected chi connectivity index (χ0v) is 11.4. The largest absolute Gasteiger partial charge is 0.382 e. The van der Waals surface area contributed by atoms with Gasteiger partial charge in [0, 0.05) is 23.4 Å². The van der Waals surface area contributed by atoms with Crippen molar-refractivity contribution >= 4 is 11.4 Å². The molecule has 4 heteroatoms. The summed E-state index contributed by atoms with van der Waals surface area (Å²) < 4.78 is 0. The van der Waals surface area contributed by atoms with Crippen molar-refractivity contribution in [1.82, 2.24) is 0 Å². The summed E-state index contributed by atoms with van der Waals surface area (Å²) in [6.07, 6.45) is 4.10. The number of benzene rings is 1. The fourth-order valence-electron chi connectivity index (χ4n) is 1.99. The van der Waals surface area contributed by atoms with Gasteiger partial charge in [0.15, 0.2) is 0 Å². The number of nitrogens with one attached hydrogen (secondary N) is 1. The van der Waals surface area contributed by atoms with Crippen molar-refractivity contribution in [2.45, 2.75) is 52.5 Å². The molecule has 1 aromatic rings. The molecule has 18 heavy (non-hydrogen) atoms. The Morgan fingerprint density at radius 3 is 2.67 bits per heavy atom. The predicted molar refractivity (Wildman–Crippen MR) is 75.1 cm³/mol. The molecule has 4 nitrogen and oxygen atoms in total. The summed E-state index contributed by atoms with van der Waals surface area (Å²) in [5, 5.41) is 14.3. The molecule has 1 unspecified atom stereocenters. The lowest BCUT2D eigenvalue weighted by molar-refractivity contribution is -0.385. The van der Waals surface area contributed by atoms with Crippen LogP contribution in [0, 0.1) is 10.1 Å². The molecule has 0 saturated carbocycles. The second-order valence-corrected chi connectivity index (χ2v) is 4.64. The van der Waals surface area contributed by atoms with E-state index in [1.165, 1.54) is 12.8 Å². The molecule has 0 aliphatic carbocycles. The fourth-order valence-corrected chi connectivity index (χ4v) is 1.99. The number of unbranched alkanes of at least 4 members (excludes halogenated alkanes) is 1. The highest BCUT2D eigenvalue weighted by molar-refractivity contribution is 5.55. The van der Waals surface area contributed by atoms with E-state index in [9.17, 15) is 10.1 Å². The first-order chi connectivity index (χ1) is 8.58. The number of aryl methyl sites for hydroxylation is 1. The Labute approximate surface area is 109 Å². The van der Waals surface area contributed by atoms with E-state index in [0.717, 1.165) is 17.7 Å². The highest BCUT2D eigenvalue weighted by Gasteiger charge is 2.13. The van der Waals surface area contributed by atoms with E-state index in [-0.39, 0.29) is 10.6 Å². The maximum absolute atomic E-state index is 11.0. The molecule has 0 radical (unpaired) electrons. The zero-order valence-electron chi connectivity index (χ0n) is 11.4. The first-order valence-corrected chi connectivity index (χ1v) is 6.62. The number of nitro benzene ring substituents is 1. The van der Waals surface area contributed by atoms with Gasteiger partial charge < -0.3 is 5.32 Å². The van der Waals surface area contributed by atoms with Gasteiger partial charge in [0.2, 0.25) is 0 Å². The molecule has 0 aromatic heterocycles. The van der Waals surface area contributed by atoms with Crippen LogP contribution in [0.15, 0.2) is 18.2 Å². The lowest BCUT2D eigenvalue weighted by Gasteiger charge is -2.15. The van der Waals surface area contributed by atoms with Gasteiger partial charge in [-0.1, -0.05) is 32.8 Å². The first kappa shape index (κ1) is 14.5. The lowest BCUT2D eigenvalue weighted by Crippen LogP contribution is -2.15. The van der Waals surface area contributed by atoms with Crippen LogP contribution in [0.1, 0.15) is 45.6 Å². The minimum atomic E-state index is -0.305. The van der Waals surface area contributed by atoms with Gasteiger partial charge in [0.25, 0.3) is 5.69 Å². The molecule has 1 rings (SSSR count). The summed E-state index contributed by atoms with van der Waals surface area (Å²) in [5.41, 5.74) is 1.83. The van der Waals surface area contributed by atoms with Crippen molar-refractivity contribution in [2.24, 2.45) is 0 Å². The summed E-state index contributed by atoms with van der Waals surface area (Å²) in [6.45, 7) is 6.20. The highest BCUT2D eigenvalue weighted by Crippen LogP contribution is 2.24. The van der Waals surface area contributed by atoms with E-state index in [2.05, 4.69) is 19.2 Å². The van der Waals surface area contributed by atoms with E-state index in [4.69, 9.17) is 0 Å². The number of anilines is 1. The molecule has 0 aliphatic heterocycles. The second kappa shape index (κ2) is 6.99. The monoisotopic (exact) mass is 250 g/mol. The molecular weight excluding hydrogens is 228 g/mol. The molecule has 0 fully saturated rings. The maximum Gasteiger partial charge on any atom is 0.274 e. The number of hydrogen-bond donors (Lipinski definition) is 1. The van der Waals surface area contributed by atoms with E-state index < -0.39 is 0 Å². The van der Waals surface area contributed by atoms with Crippen LogP contribution < -0.4 is 5.32 Å². The van der Waals surface area contributed by atoms with E-state index in [1.807, 2.05) is 19.1 Å². The molecule has 1 N–H and O–H groups in total. The van der Waals surface area contributed by atoms with Gasteiger partial charge in [0.1, 0.15) is 0 Å². The van der Waals surface area contributed by atoms with Crippen LogP contribution in [-0.4, -0.2) is 11.0 Å². The van der Waals surface area contributed by atoms with Crippen molar-refractivity contribution < 1.29 is 4.92 Å². The fraction of sp³-hybridized carbons (Fsp3) is 0.571. The van der Waals surface area contributed by atoms with E-state index >= 15 is 0 Å². The molecular formula is C14H22N2O2. The Kier molecular flexibility index (Phi) is 5.62. The van der Waals surface area contributed by atoms with Crippen molar-refractivity contribution in [3.05, 3.63) is 33.9 Å². The Hall–Kier alpha value is -1.58. The topological polar surface area (TPSA) is 55.2 Å². The average Bonchev–Trinajstić information content (AvgIpc) is 2.36. The second-order valence-electron chi connectivity index (χ2n) is 4.64. The Morgan fingerprint density at radius 2 is 2.11 bits per heavy atom. The summed E-state index contributed by atoms with van der Waals surface area (Å²) in [5.74, 6) is 0. The molecule has 1 aromatic carbocycles. The van der Waals surface area contributed by atoms with Crippen LogP contribution in [0.5, 0.6) is 0 Å². The predicted octanol–water partition coefficient (Wildman–Crippen LogP) is 4.15. The van der Waals surface area contributed by atoms with E-state index in [0.29, 0.717) is 12.5 Å². The number of nitrogens with zero attached hydrogens (tertiary/aromatic N) is 1. The third-order valence-corrected chi connectivity index (χ3v) is 3.07. The van der Waals surface area contributed by atoms with Crippen LogP contribution in [0.25, 0.3) is 0 Å². The Balaban J connectivity index is 2.78. The standard InChI is InChI=1S/C14H22N2O2/c1-4-6-7-11(3)15-13-9-8-12(5-2)14(10-13)16(17)18/h8-11,15H,4-7H2,1-3H3. The Bertz CT molecular complexity index is 405. The highest BCUT2D eigenvalue weighted by atomic mass is 16.6. The minimum absolute atomic E-state index is 0.213. The van der Waals surface area contributed by atoms with Crippen molar-refractivity contribution in [1.29, 1.82) is 0 Å². The van der Waals surface area contributed by atoms with Crippen LogP contribution in [0.3, 0.4) is 0 Å². The molecule has 0 amide bonds. The first-order valence-electron chi connectivity index (χ1n) is 6.62. The van der Waals surface area contributed by atoms with Gasteiger partial charge in [-0.2, -0.15) is 0 Å². The van der Waals surface area contributed by atoms with Crippen molar-refractivity contribution in [3.8, 4) is 0 Å². The van der Waals surface area contributed by atoms with E-state index in [1.54, 1.807) is 6.07 Å². The normalized spacial score (nSPS) is 12.2. The molecule has 1 atom stereocenters. The molecule has 100 valence electrons. The average molecular weight is 250 g/mol. The van der Waals surface area contributed by atoms with Crippen LogP contribution in [0.2, 0.25) is 0 Å². The van der Waals surface area contributed by atoms with Gasteiger partial charge in [-0.05, 0) is 25.8 Å². The van der Waals surface area contributed by atoms with Gasteiger partial charge in [0.05, 0.1) is 4.92 Å². The van der Waals surface area contributed by atoms with Crippen LogP contribution in [-0.2, 0) is 6.42 Å². The smallest absolute Gasteiger partial charge is 0.274 e. The van der Waals surface area contributed by atoms with Crippen molar-refractivity contribution in [3.63, 3.8) is 0 Å². The van der Waals surface area contributed by atoms with Gasteiger partial charge in [-0.25, -0.2) is 0 Å². The molecule has 0 aliphatic rings. The third kappa shape index (κ3) is 4.02. The quantitative estimate of drug-likeness (QED) is 0.584. The summed E-state index contributed by atoms with van der Waals surface area (Å²) in [4.78, 5) is 10.7. The molecule has 0 spiro atoms. The molecule has 0 heterocycles. The summed E-state index contributed by atoms with van der Waals surface area (Å²) in [6, 6.07) is 5.75. The molecule has 0 bridgehead atoms. The van der Waals surface area contributed by atoms with Gasteiger partial charge >= 0.3 is 0 Å². The van der Waals surface area contributed by atoms with Gasteiger partial charge in [-0.3, -0.25) is 10.1 Å². The summed E-state index contributed by atoms with van der Waals surface area (Å²) in [7, 11) is 0. The van der Waals surface area contributed by atoms with Crippen LogP contribution in [0.4, 0.5) is 11.4 Å². The summed E-state index contributed by atoms with van der Waals surface area (Å²) >= 11 is 0. The number of nitro groups is 1. The number of hydrogen-bond acceptors (Lipinski definition) is 3. The van der Waals surface area contributed by atoms with Gasteiger partial charge in [-0.15, -0.1) is 0 Å².